The van der Waals surface area contributed by atoms with Crippen LogP contribution in [0.3, 0.4) is 0 Å². The van der Waals surface area contributed by atoms with Crippen LogP contribution in [0, 0.1) is 0 Å². The lowest BCUT2D eigenvalue weighted by Gasteiger charge is -2.12. The zero-order valence-electron chi connectivity index (χ0n) is 12.8. The molecule has 0 bridgehead atoms. The molecule has 0 radical (unpaired) electrons. The minimum absolute atomic E-state index is 0.337. The topological polar surface area (TPSA) is 63.3 Å². The first-order valence-electron chi connectivity index (χ1n) is 7.18. The Kier molecular flexibility index (Phi) is 6.10. The number of nitrogens with zero attached hydrogens (tertiary/aromatic N) is 2. The Hall–Kier alpha value is -1.49. The number of benzene rings is 1. The van der Waals surface area contributed by atoms with E-state index >= 15 is 0 Å². The van der Waals surface area contributed by atoms with Gasteiger partial charge in [-0.3, -0.25) is 4.99 Å². The molecule has 0 aliphatic heterocycles. The predicted octanol–water partition coefficient (Wildman–Crippen LogP) is 4.67. The fourth-order valence-corrected chi connectivity index (χ4v) is 2.84. The van der Waals surface area contributed by atoms with Gasteiger partial charge in [0.15, 0.2) is 0 Å². The largest absolute Gasteiger partial charge is 0.383 e. The summed E-state index contributed by atoms with van der Waals surface area (Å²) in [7, 11) is 0. The second kappa shape index (κ2) is 7.86. The fourth-order valence-electron chi connectivity index (χ4n) is 2.14. The number of halogens is 3. The number of nitrogen functional groups attached to an aromatic ring is 1. The van der Waals surface area contributed by atoms with E-state index in [1.807, 2.05) is 26.0 Å². The maximum Gasteiger partial charge on any atom is 0.147 e. The van der Waals surface area contributed by atoms with Gasteiger partial charge in [-0.1, -0.05) is 34.8 Å². The number of nitrogens with one attached hydrogen (secondary N) is 1. The average molecular weight is 372 g/mol. The number of anilines is 1. The maximum atomic E-state index is 6.26. The van der Waals surface area contributed by atoms with E-state index in [1.165, 1.54) is 0 Å². The molecule has 3 N–H and O–H groups in total. The van der Waals surface area contributed by atoms with Gasteiger partial charge < -0.3 is 11.1 Å². The first-order valence-corrected chi connectivity index (χ1v) is 8.31. The van der Waals surface area contributed by atoms with Gasteiger partial charge in [-0.05, 0) is 38.1 Å². The minimum Gasteiger partial charge on any atom is -0.383 e. The molecule has 4 nitrogen and oxygen atoms in total. The van der Waals surface area contributed by atoms with Gasteiger partial charge in [-0.15, -0.1) is 0 Å². The van der Waals surface area contributed by atoms with Gasteiger partial charge in [0.2, 0.25) is 0 Å². The highest BCUT2D eigenvalue weighted by atomic mass is 35.5. The van der Waals surface area contributed by atoms with Crippen LogP contribution in [0.5, 0.6) is 0 Å². The maximum absolute atomic E-state index is 6.26. The Morgan fingerprint density at radius 1 is 1.17 bits per heavy atom. The van der Waals surface area contributed by atoms with E-state index in [-0.39, 0.29) is 0 Å². The molecule has 0 fully saturated rings. The molecule has 122 valence electrons. The molecule has 0 aliphatic carbocycles. The standard InChI is InChI=1S/C16H17Cl3N4/c1-3-21-16(22-4-2)13-6-5-10(15(20)23-13)11-7-9(17)8-12(18)14(11)19/h5-8H,3-4H2,1-2H3,(H2,20,23)(H,21,22). The lowest BCUT2D eigenvalue weighted by molar-refractivity contribution is 0.941. The van der Waals surface area contributed by atoms with Gasteiger partial charge >= 0.3 is 0 Å². The van der Waals surface area contributed by atoms with Crippen LogP contribution in [0.4, 0.5) is 5.82 Å². The van der Waals surface area contributed by atoms with Crippen molar-refractivity contribution in [3.05, 3.63) is 45.0 Å². The number of amidine groups is 1. The van der Waals surface area contributed by atoms with Crippen molar-refractivity contribution in [2.24, 2.45) is 4.99 Å². The molecule has 23 heavy (non-hydrogen) atoms. The highest BCUT2D eigenvalue weighted by Crippen LogP contribution is 2.38. The van der Waals surface area contributed by atoms with Crippen molar-refractivity contribution in [3.8, 4) is 11.1 Å². The summed E-state index contributed by atoms with van der Waals surface area (Å²) in [5, 5.41) is 4.43. The van der Waals surface area contributed by atoms with E-state index in [0.29, 0.717) is 50.1 Å². The van der Waals surface area contributed by atoms with Gasteiger partial charge in [0, 0.05) is 29.2 Å². The molecule has 0 saturated carbocycles. The third-order valence-electron chi connectivity index (χ3n) is 3.11. The van der Waals surface area contributed by atoms with Crippen LogP contribution in [-0.4, -0.2) is 23.9 Å². The molecule has 1 heterocycles. The Morgan fingerprint density at radius 3 is 2.52 bits per heavy atom. The highest BCUT2D eigenvalue weighted by Gasteiger charge is 2.14. The lowest BCUT2D eigenvalue weighted by atomic mass is 10.1. The molecule has 2 rings (SSSR count). The lowest BCUT2D eigenvalue weighted by Crippen LogP contribution is -2.25. The van der Waals surface area contributed by atoms with Crippen molar-refractivity contribution in [3.63, 3.8) is 0 Å². The van der Waals surface area contributed by atoms with Crippen LogP contribution >= 0.6 is 34.8 Å². The SMILES string of the molecule is CC/N=C(\NCC)c1ccc(-c2cc(Cl)cc(Cl)c2Cl)c(N)n1. The Labute approximate surface area is 150 Å². The molecule has 7 heteroatoms. The molecular formula is C16H17Cl3N4. The number of aromatic nitrogens is 1. The molecular weight excluding hydrogens is 355 g/mol. The number of nitrogens with two attached hydrogens (primary N) is 1. The quantitative estimate of drug-likeness (QED) is 0.466. The fraction of sp³-hybridized carbons (Fsp3) is 0.250. The van der Waals surface area contributed by atoms with Crippen molar-refractivity contribution in [2.45, 2.75) is 13.8 Å². The van der Waals surface area contributed by atoms with E-state index in [4.69, 9.17) is 40.5 Å². The van der Waals surface area contributed by atoms with E-state index < -0.39 is 0 Å². The Balaban J connectivity index is 2.50. The summed E-state index contributed by atoms with van der Waals surface area (Å²) in [6.07, 6.45) is 0. The van der Waals surface area contributed by atoms with Gasteiger partial charge in [-0.25, -0.2) is 4.98 Å². The predicted molar refractivity (Wildman–Crippen MR) is 99.9 cm³/mol. The van der Waals surface area contributed by atoms with Crippen LogP contribution in [0.25, 0.3) is 11.1 Å². The summed E-state index contributed by atoms with van der Waals surface area (Å²) in [6, 6.07) is 6.99. The highest BCUT2D eigenvalue weighted by molar-refractivity contribution is 6.45. The van der Waals surface area contributed by atoms with Crippen LogP contribution in [0.1, 0.15) is 19.5 Å². The third kappa shape index (κ3) is 4.08. The summed E-state index contributed by atoms with van der Waals surface area (Å²) in [6.45, 7) is 5.36. The van der Waals surface area contributed by atoms with E-state index in [1.54, 1.807) is 12.1 Å². The van der Waals surface area contributed by atoms with Gasteiger partial charge in [-0.2, -0.15) is 0 Å². The molecule has 0 unspecified atom stereocenters. The van der Waals surface area contributed by atoms with Gasteiger partial charge in [0.1, 0.15) is 17.3 Å². The second-order valence-corrected chi connectivity index (χ2v) is 5.95. The molecule has 2 aromatic rings. The minimum atomic E-state index is 0.337. The molecule has 0 spiro atoms. The first kappa shape index (κ1) is 17.9. The summed E-state index contributed by atoms with van der Waals surface area (Å²) in [5.41, 5.74) is 8.12. The Bertz CT molecular complexity index is 744. The normalized spacial score (nSPS) is 11.6. The monoisotopic (exact) mass is 370 g/mol. The molecule has 1 aromatic carbocycles. The zero-order chi connectivity index (χ0) is 17.0. The van der Waals surface area contributed by atoms with Crippen LogP contribution < -0.4 is 11.1 Å². The van der Waals surface area contributed by atoms with Crippen molar-refractivity contribution >= 4 is 46.5 Å². The van der Waals surface area contributed by atoms with Crippen molar-refractivity contribution in [2.75, 3.05) is 18.8 Å². The summed E-state index contributed by atoms with van der Waals surface area (Å²) < 4.78 is 0. The van der Waals surface area contributed by atoms with Crippen molar-refractivity contribution < 1.29 is 0 Å². The third-order valence-corrected chi connectivity index (χ3v) is 4.13. The van der Waals surface area contributed by atoms with Crippen molar-refractivity contribution in [1.82, 2.24) is 10.3 Å². The number of aliphatic imine (C=N–C) groups is 1. The molecule has 0 amide bonds. The number of hydrogen-bond acceptors (Lipinski definition) is 3. The summed E-state index contributed by atoms with van der Waals surface area (Å²) in [4.78, 5) is 8.82. The van der Waals surface area contributed by atoms with Crippen LogP contribution in [0.15, 0.2) is 29.3 Å². The summed E-state index contributed by atoms with van der Waals surface area (Å²) >= 11 is 18.4. The first-order chi connectivity index (χ1) is 11.0. The molecule has 0 aliphatic rings. The van der Waals surface area contributed by atoms with Crippen LogP contribution in [-0.2, 0) is 0 Å². The molecule has 1 aromatic heterocycles. The number of hydrogen-bond donors (Lipinski definition) is 2. The van der Waals surface area contributed by atoms with Crippen LogP contribution in [0.2, 0.25) is 15.1 Å². The van der Waals surface area contributed by atoms with Crippen molar-refractivity contribution in [1.29, 1.82) is 0 Å². The zero-order valence-corrected chi connectivity index (χ0v) is 15.1. The number of pyridine rings is 1. The smallest absolute Gasteiger partial charge is 0.147 e. The van der Waals surface area contributed by atoms with Gasteiger partial charge in [0.05, 0.1) is 10.0 Å². The Morgan fingerprint density at radius 2 is 1.91 bits per heavy atom. The number of rotatable bonds is 4. The molecule has 0 atom stereocenters. The average Bonchev–Trinajstić information content (AvgIpc) is 2.51. The summed E-state index contributed by atoms with van der Waals surface area (Å²) in [5.74, 6) is 1.05. The molecule has 0 saturated heterocycles. The van der Waals surface area contributed by atoms with E-state index in [0.717, 1.165) is 6.54 Å². The van der Waals surface area contributed by atoms with E-state index in [9.17, 15) is 0 Å². The second-order valence-electron chi connectivity index (χ2n) is 4.73. The van der Waals surface area contributed by atoms with Gasteiger partial charge in [0.25, 0.3) is 0 Å². The van der Waals surface area contributed by atoms with E-state index in [2.05, 4.69) is 15.3 Å².